The van der Waals surface area contributed by atoms with Crippen LogP contribution in [0.2, 0.25) is 0 Å². The Morgan fingerprint density at radius 3 is 2.92 bits per heavy atom. The second-order valence-corrected chi connectivity index (χ2v) is 7.64. The molecule has 7 heteroatoms. The summed E-state index contributed by atoms with van der Waals surface area (Å²) in [7, 11) is 0. The van der Waals surface area contributed by atoms with E-state index >= 15 is 0 Å². The molecule has 1 atom stereocenters. The lowest BCUT2D eigenvalue weighted by Gasteiger charge is -2.28. The van der Waals surface area contributed by atoms with Gasteiger partial charge in [0.15, 0.2) is 0 Å². The molecule has 138 valence electrons. The molecule has 1 aromatic heterocycles. The van der Waals surface area contributed by atoms with Gasteiger partial charge in [-0.15, -0.1) is 11.3 Å². The number of carbonyl (C=O) groups is 1. The van der Waals surface area contributed by atoms with Crippen LogP contribution in [0.5, 0.6) is 11.5 Å². The number of aromatic hydroxyl groups is 1. The maximum Gasteiger partial charge on any atom is 0.256 e. The Balaban J connectivity index is 1.63. The fourth-order valence-electron chi connectivity index (χ4n) is 3.62. The minimum Gasteiger partial charge on any atom is -0.507 e. The van der Waals surface area contributed by atoms with Crippen molar-refractivity contribution in [1.82, 2.24) is 10.2 Å². The highest BCUT2D eigenvalue weighted by molar-refractivity contribution is 7.16. The van der Waals surface area contributed by atoms with Crippen molar-refractivity contribution in [2.45, 2.75) is 33.0 Å². The van der Waals surface area contributed by atoms with Crippen molar-refractivity contribution in [3.8, 4) is 11.5 Å². The number of nitrogens with one attached hydrogen (secondary N) is 2. The predicted octanol–water partition coefficient (Wildman–Crippen LogP) is 3.08. The third-order valence-corrected chi connectivity index (χ3v) is 6.13. The third-order valence-electron chi connectivity index (χ3n) is 4.98. The minimum absolute atomic E-state index is 0.0699. The topological polar surface area (TPSA) is 73.8 Å². The Kier molecular flexibility index (Phi) is 4.50. The molecule has 0 unspecified atom stereocenters. The molecular weight excluding hydrogens is 350 g/mol. The number of fused-ring (bicyclic) bond motifs is 3. The molecular formula is C19H23N3O3S. The second kappa shape index (κ2) is 6.81. The number of likely N-dealkylation sites (N-methyl/N-ethyl adjacent to an activating group) is 1. The van der Waals surface area contributed by atoms with E-state index in [4.69, 9.17) is 4.74 Å². The fourth-order valence-corrected chi connectivity index (χ4v) is 4.93. The normalized spacial score (nSPS) is 19.3. The number of carbonyl (C=O) groups excluding carboxylic acids is 1. The molecule has 2 aliphatic rings. The van der Waals surface area contributed by atoms with Crippen LogP contribution >= 0.6 is 11.3 Å². The largest absolute Gasteiger partial charge is 0.507 e. The Morgan fingerprint density at radius 2 is 2.19 bits per heavy atom. The summed E-state index contributed by atoms with van der Waals surface area (Å²) < 4.78 is 5.41. The summed E-state index contributed by atoms with van der Waals surface area (Å²) in [5.41, 5.74) is 2.59. The molecule has 26 heavy (non-hydrogen) atoms. The van der Waals surface area contributed by atoms with Gasteiger partial charge in [-0.1, -0.05) is 6.92 Å². The average Bonchev–Trinajstić information content (AvgIpc) is 2.99. The molecule has 0 bridgehead atoms. The van der Waals surface area contributed by atoms with Gasteiger partial charge >= 0.3 is 0 Å². The summed E-state index contributed by atoms with van der Waals surface area (Å²) in [4.78, 5) is 16.4. The van der Waals surface area contributed by atoms with Crippen molar-refractivity contribution >= 4 is 22.2 Å². The van der Waals surface area contributed by atoms with Gasteiger partial charge in [0, 0.05) is 29.6 Å². The van der Waals surface area contributed by atoms with Gasteiger partial charge in [0.25, 0.3) is 5.91 Å². The van der Waals surface area contributed by atoms with Gasteiger partial charge < -0.3 is 20.5 Å². The number of phenols is 1. The number of amides is 1. The van der Waals surface area contributed by atoms with Gasteiger partial charge in [-0.25, -0.2) is 0 Å². The molecule has 1 aromatic carbocycles. The molecule has 0 spiro atoms. The molecule has 0 saturated heterocycles. The number of rotatable bonds is 4. The number of hydrogen-bond acceptors (Lipinski definition) is 6. The molecule has 3 heterocycles. The number of hydrogen-bond donors (Lipinski definition) is 3. The molecule has 0 saturated carbocycles. The van der Waals surface area contributed by atoms with E-state index in [0.717, 1.165) is 36.6 Å². The van der Waals surface area contributed by atoms with E-state index in [-0.39, 0.29) is 11.7 Å². The summed E-state index contributed by atoms with van der Waals surface area (Å²) >= 11 is 1.66. The van der Waals surface area contributed by atoms with Gasteiger partial charge in [0.2, 0.25) is 0 Å². The van der Waals surface area contributed by atoms with Gasteiger partial charge in [0.1, 0.15) is 22.7 Å². The quantitative estimate of drug-likeness (QED) is 0.768. The summed E-state index contributed by atoms with van der Waals surface area (Å²) in [6, 6.07) is 5.18. The smallest absolute Gasteiger partial charge is 0.256 e. The number of nitrogens with zero attached hydrogens (tertiary/aromatic N) is 1. The minimum atomic E-state index is -0.451. The van der Waals surface area contributed by atoms with Crippen LogP contribution < -0.4 is 15.4 Å². The zero-order chi connectivity index (χ0) is 18.3. The highest BCUT2D eigenvalue weighted by Crippen LogP contribution is 2.41. The van der Waals surface area contributed by atoms with Crippen LogP contribution in [0.15, 0.2) is 18.2 Å². The van der Waals surface area contributed by atoms with Crippen molar-refractivity contribution in [2.75, 3.05) is 25.0 Å². The highest BCUT2D eigenvalue weighted by atomic mass is 32.1. The zero-order valence-corrected chi connectivity index (χ0v) is 15.8. The number of benzene rings is 1. The van der Waals surface area contributed by atoms with Gasteiger partial charge in [-0.2, -0.15) is 0 Å². The number of thiophene rings is 1. The van der Waals surface area contributed by atoms with Crippen LogP contribution in [-0.4, -0.2) is 35.6 Å². The molecule has 0 radical (unpaired) electrons. The molecule has 2 aromatic rings. The van der Waals surface area contributed by atoms with E-state index in [2.05, 4.69) is 22.5 Å². The molecule has 0 fully saturated rings. The predicted molar refractivity (Wildman–Crippen MR) is 102 cm³/mol. The van der Waals surface area contributed by atoms with Crippen molar-refractivity contribution in [2.24, 2.45) is 0 Å². The second-order valence-electron chi connectivity index (χ2n) is 6.53. The monoisotopic (exact) mass is 373 g/mol. The first-order chi connectivity index (χ1) is 12.6. The summed E-state index contributed by atoms with van der Waals surface area (Å²) in [5.74, 6) is 0.651. The lowest BCUT2D eigenvalue weighted by molar-refractivity contribution is 0.0934. The van der Waals surface area contributed by atoms with Crippen LogP contribution in [-0.2, 0) is 13.0 Å². The van der Waals surface area contributed by atoms with Crippen molar-refractivity contribution < 1.29 is 14.6 Å². The van der Waals surface area contributed by atoms with Crippen LogP contribution in [0.1, 0.15) is 46.4 Å². The maximum atomic E-state index is 12.8. The van der Waals surface area contributed by atoms with Crippen LogP contribution in [0, 0.1) is 0 Å². The number of ether oxygens (including phenoxy) is 1. The summed E-state index contributed by atoms with van der Waals surface area (Å²) in [6.07, 6.45) is 0.455. The van der Waals surface area contributed by atoms with Crippen molar-refractivity contribution in [3.63, 3.8) is 0 Å². The van der Waals surface area contributed by atoms with Crippen molar-refractivity contribution in [1.29, 1.82) is 0 Å². The Hall–Kier alpha value is -2.25. The molecule has 6 nitrogen and oxygen atoms in total. The Bertz CT molecular complexity index is 849. The van der Waals surface area contributed by atoms with E-state index in [1.54, 1.807) is 29.5 Å². The Morgan fingerprint density at radius 1 is 1.35 bits per heavy atom. The van der Waals surface area contributed by atoms with Gasteiger partial charge in [-0.3, -0.25) is 9.69 Å². The van der Waals surface area contributed by atoms with Crippen molar-refractivity contribution in [3.05, 3.63) is 39.8 Å². The maximum absolute atomic E-state index is 12.8. The van der Waals surface area contributed by atoms with Gasteiger partial charge in [0.05, 0.1) is 12.2 Å². The van der Waals surface area contributed by atoms with E-state index in [1.165, 1.54) is 10.4 Å². The first kappa shape index (κ1) is 17.2. The van der Waals surface area contributed by atoms with E-state index in [9.17, 15) is 9.90 Å². The molecule has 0 aliphatic carbocycles. The lowest BCUT2D eigenvalue weighted by Crippen LogP contribution is -2.38. The van der Waals surface area contributed by atoms with E-state index in [0.29, 0.717) is 17.9 Å². The average molecular weight is 373 g/mol. The third kappa shape index (κ3) is 2.91. The van der Waals surface area contributed by atoms with E-state index in [1.807, 2.05) is 6.92 Å². The zero-order valence-electron chi connectivity index (χ0n) is 15.0. The SMILES string of the molecule is CCOc1ccc([C@H]2NC(=O)c3c(sc4c3CCN(CC)C4)N2)c(O)c1. The number of phenolic OH excluding ortho intramolecular Hbond substituents is 1. The van der Waals surface area contributed by atoms with Gasteiger partial charge in [-0.05, 0) is 37.6 Å². The molecule has 3 N–H and O–H groups in total. The summed E-state index contributed by atoms with van der Waals surface area (Å²) in [6.45, 7) is 7.50. The highest BCUT2D eigenvalue weighted by Gasteiger charge is 2.33. The first-order valence-electron chi connectivity index (χ1n) is 9.00. The lowest BCUT2D eigenvalue weighted by atomic mass is 10.00. The van der Waals surface area contributed by atoms with E-state index < -0.39 is 6.17 Å². The van der Waals surface area contributed by atoms with Crippen LogP contribution in [0.3, 0.4) is 0 Å². The number of anilines is 1. The molecule has 1 amide bonds. The van der Waals surface area contributed by atoms with Crippen LogP contribution in [0.4, 0.5) is 5.00 Å². The Labute approximate surface area is 156 Å². The molecule has 2 aliphatic heterocycles. The van der Waals surface area contributed by atoms with Crippen LogP contribution in [0.25, 0.3) is 0 Å². The summed E-state index contributed by atoms with van der Waals surface area (Å²) in [5, 5.41) is 17.6. The molecule has 4 rings (SSSR count). The fraction of sp³-hybridized carbons (Fsp3) is 0.421. The first-order valence-corrected chi connectivity index (χ1v) is 9.82. The standard InChI is InChI=1S/C19H23N3O3S/c1-3-22-8-7-13-15(10-22)26-19-16(13)18(24)20-17(21-19)12-6-5-11(25-4-2)9-14(12)23/h5-6,9,17,21,23H,3-4,7-8,10H2,1-2H3,(H,20,24)/t17-/m0/s1.